The maximum absolute atomic E-state index is 5.83. The zero-order valence-corrected chi connectivity index (χ0v) is 15.2. The van der Waals surface area contributed by atoms with Crippen molar-refractivity contribution >= 4 is 16.5 Å². The fourth-order valence-electron chi connectivity index (χ4n) is 4.71. The SMILES string of the molecule is CN1CC2CC1CC2NOCc1n[nH]c2cc(C3=CCOCC3)ccc12. The minimum Gasteiger partial charge on any atom is -0.377 e. The van der Waals surface area contributed by atoms with Crippen molar-refractivity contribution < 1.29 is 9.57 Å². The highest BCUT2D eigenvalue weighted by atomic mass is 16.6. The first kappa shape index (κ1) is 16.4. The third kappa shape index (κ3) is 2.97. The molecule has 0 spiro atoms. The van der Waals surface area contributed by atoms with Gasteiger partial charge in [-0.2, -0.15) is 10.6 Å². The second-order valence-corrected chi connectivity index (χ2v) is 7.82. The average molecular weight is 354 g/mol. The number of ether oxygens (including phenoxy) is 1. The molecule has 2 fully saturated rings. The quantitative estimate of drug-likeness (QED) is 0.808. The molecule has 3 unspecified atom stereocenters. The van der Waals surface area contributed by atoms with E-state index in [4.69, 9.17) is 9.57 Å². The first-order valence-corrected chi connectivity index (χ1v) is 9.59. The van der Waals surface area contributed by atoms with Crippen LogP contribution in [0.1, 0.15) is 30.5 Å². The van der Waals surface area contributed by atoms with Crippen LogP contribution in [0.4, 0.5) is 0 Å². The zero-order valence-electron chi connectivity index (χ0n) is 15.2. The summed E-state index contributed by atoms with van der Waals surface area (Å²) in [6.45, 7) is 3.18. The molecule has 6 heteroatoms. The number of likely N-dealkylation sites (tertiary alicyclic amines) is 1. The number of hydrogen-bond donors (Lipinski definition) is 2. The monoisotopic (exact) mass is 354 g/mol. The summed E-state index contributed by atoms with van der Waals surface area (Å²) >= 11 is 0. The van der Waals surface area contributed by atoms with Crippen LogP contribution in [-0.4, -0.2) is 54.0 Å². The molecule has 0 amide bonds. The van der Waals surface area contributed by atoms with Gasteiger partial charge in [0, 0.05) is 24.0 Å². The van der Waals surface area contributed by atoms with Crippen molar-refractivity contribution in [2.24, 2.45) is 5.92 Å². The molecule has 3 aliphatic rings. The van der Waals surface area contributed by atoms with E-state index in [1.807, 2.05) is 0 Å². The van der Waals surface area contributed by atoms with Gasteiger partial charge in [-0.1, -0.05) is 18.2 Å². The highest BCUT2D eigenvalue weighted by Crippen LogP contribution is 2.36. The summed E-state index contributed by atoms with van der Waals surface area (Å²) in [7, 11) is 2.22. The molecule has 2 N–H and O–H groups in total. The van der Waals surface area contributed by atoms with E-state index in [9.17, 15) is 0 Å². The molecule has 3 heterocycles. The minimum atomic E-state index is 0.480. The molecule has 1 aromatic carbocycles. The van der Waals surface area contributed by atoms with Gasteiger partial charge in [0.05, 0.1) is 24.4 Å². The van der Waals surface area contributed by atoms with E-state index in [0.717, 1.165) is 41.6 Å². The lowest BCUT2D eigenvalue weighted by atomic mass is 10.00. The first-order valence-electron chi connectivity index (χ1n) is 9.59. The Balaban J connectivity index is 1.23. The normalized spacial score (nSPS) is 28.8. The van der Waals surface area contributed by atoms with Gasteiger partial charge in [-0.15, -0.1) is 0 Å². The lowest BCUT2D eigenvalue weighted by molar-refractivity contribution is -0.0144. The molecule has 2 aromatic rings. The van der Waals surface area contributed by atoms with Gasteiger partial charge in [0.1, 0.15) is 6.61 Å². The van der Waals surface area contributed by atoms with Crippen LogP contribution in [0, 0.1) is 5.92 Å². The summed E-state index contributed by atoms with van der Waals surface area (Å²) < 4.78 is 5.40. The molecule has 6 nitrogen and oxygen atoms in total. The number of benzene rings is 1. The first-order chi connectivity index (χ1) is 12.8. The fraction of sp³-hybridized carbons (Fsp3) is 0.550. The highest BCUT2D eigenvalue weighted by Gasteiger charge is 2.43. The summed E-state index contributed by atoms with van der Waals surface area (Å²) in [5.74, 6) is 0.719. The van der Waals surface area contributed by atoms with Crippen molar-refractivity contribution in [2.45, 2.75) is 38.0 Å². The Morgan fingerprint density at radius 1 is 1.38 bits per heavy atom. The second kappa shape index (κ2) is 6.78. The molecular weight excluding hydrogens is 328 g/mol. The van der Waals surface area contributed by atoms with E-state index < -0.39 is 0 Å². The van der Waals surface area contributed by atoms with Crippen LogP contribution in [0.5, 0.6) is 0 Å². The molecule has 138 valence electrons. The number of piperidine rings is 1. The third-order valence-electron chi connectivity index (χ3n) is 6.24. The molecule has 1 aromatic heterocycles. The van der Waals surface area contributed by atoms with Crippen LogP contribution in [-0.2, 0) is 16.2 Å². The van der Waals surface area contributed by atoms with E-state index in [1.54, 1.807) is 0 Å². The van der Waals surface area contributed by atoms with Crippen LogP contribution >= 0.6 is 0 Å². The number of H-pyrrole nitrogens is 1. The van der Waals surface area contributed by atoms with Gasteiger partial charge < -0.3 is 9.64 Å². The van der Waals surface area contributed by atoms with Crippen molar-refractivity contribution in [1.29, 1.82) is 0 Å². The average Bonchev–Trinajstić information content (AvgIpc) is 3.36. The van der Waals surface area contributed by atoms with Crippen molar-refractivity contribution in [1.82, 2.24) is 20.6 Å². The lowest BCUT2D eigenvalue weighted by Crippen LogP contribution is -2.42. The molecule has 3 atom stereocenters. The molecule has 1 saturated heterocycles. The van der Waals surface area contributed by atoms with Gasteiger partial charge >= 0.3 is 0 Å². The molecule has 2 bridgehead atoms. The predicted octanol–water partition coefficient (Wildman–Crippen LogP) is 2.48. The number of aromatic amines is 1. The van der Waals surface area contributed by atoms with Crippen molar-refractivity contribution in [3.05, 3.63) is 35.5 Å². The Labute approximate surface area is 153 Å². The van der Waals surface area contributed by atoms with Crippen LogP contribution in [0.2, 0.25) is 0 Å². The number of rotatable bonds is 5. The summed E-state index contributed by atoms with van der Waals surface area (Å²) in [6, 6.07) is 7.72. The van der Waals surface area contributed by atoms with E-state index in [-0.39, 0.29) is 0 Å². The molecule has 1 saturated carbocycles. The van der Waals surface area contributed by atoms with Gasteiger partial charge in [-0.3, -0.25) is 9.94 Å². The maximum atomic E-state index is 5.83. The molecule has 1 aliphatic carbocycles. The third-order valence-corrected chi connectivity index (χ3v) is 6.24. The van der Waals surface area contributed by atoms with Gasteiger partial charge in [0.15, 0.2) is 0 Å². The van der Waals surface area contributed by atoms with Crippen molar-refractivity contribution in [3.8, 4) is 0 Å². The van der Waals surface area contributed by atoms with E-state index >= 15 is 0 Å². The van der Waals surface area contributed by atoms with Gasteiger partial charge in [-0.05, 0) is 49.4 Å². The second-order valence-electron chi connectivity index (χ2n) is 7.82. The zero-order chi connectivity index (χ0) is 17.5. The van der Waals surface area contributed by atoms with Gasteiger partial charge in [0.2, 0.25) is 0 Å². The lowest BCUT2D eigenvalue weighted by Gasteiger charge is -2.28. The summed E-state index contributed by atoms with van der Waals surface area (Å²) in [5, 5.41) is 8.75. The largest absolute Gasteiger partial charge is 0.377 e. The van der Waals surface area contributed by atoms with Crippen LogP contribution in [0.15, 0.2) is 24.3 Å². The minimum absolute atomic E-state index is 0.480. The van der Waals surface area contributed by atoms with E-state index in [2.05, 4.69) is 51.9 Å². The number of aromatic nitrogens is 2. The van der Waals surface area contributed by atoms with E-state index in [1.165, 1.54) is 30.5 Å². The number of hydrogen-bond acceptors (Lipinski definition) is 5. The number of nitrogens with one attached hydrogen (secondary N) is 2. The number of hydroxylamine groups is 1. The Bertz CT molecular complexity index is 828. The summed E-state index contributed by atoms with van der Waals surface area (Å²) in [5.41, 5.74) is 7.93. The molecule has 26 heavy (non-hydrogen) atoms. The molecule has 5 rings (SSSR count). The highest BCUT2D eigenvalue weighted by molar-refractivity contribution is 5.85. The number of nitrogens with zero attached hydrogens (tertiary/aromatic N) is 2. The van der Waals surface area contributed by atoms with Crippen LogP contribution in [0.25, 0.3) is 16.5 Å². The van der Waals surface area contributed by atoms with Crippen molar-refractivity contribution in [3.63, 3.8) is 0 Å². The molecule has 2 aliphatic heterocycles. The summed E-state index contributed by atoms with van der Waals surface area (Å²) in [4.78, 5) is 8.29. The van der Waals surface area contributed by atoms with E-state index in [0.29, 0.717) is 19.3 Å². The Hall–Kier alpha value is -1.73. The molecule has 0 radical (unpaired) electrons. The maximum Gasteiger partial charge on any atom is 0.113 e. The van der Waals surface area contributed by atoms with Crippen LogP contribution < -0.4 is 5.48 Å². The summed E-state index contributed by atoms with van der Waals surface area (Å²) in [6.07, 6.45) is 5.62. The standard InChI is InChI=1S/C20H26N4O2/c1-24-11-15-8-16(24)10-18(15)23-26-12-20-17-3-2-14(9-19(17)21-22-20)13-4-6-25-7-5-13/h2-4,9,15-16,18,23H,5-8,10-12H2,1H3,(H,21,22). The smallest absolute Gasteiger partial charge is 0.113 e. The van der Waals surface area contributed by atoms with Crippen LogP contribution in [0.3, 0.4) is 0 Å². The van der Waals surface area contributed by atoms with Gasteiger partial charge in [0.25, 0.3) is 0 Å². The Kier molecular flexibility index (Phi) is 4.29. The molecular formula is C20H26N4O2. The Morgan fingerprint density at radius 3 is 3.12 bits per heavy atom. The predicted molar refractivity (Wildman–Crippen MR) is 100 cm³/mol. The Morgan fingerprint density at radius 2 is 2.35 bits per heavy atom. The number of fused-ring (bicyclic) bond motifs is 3. The fourth-order valence-corrected chi connectivity index (χ4v) is 4.71. The van der Waals surface area contributed by atoms with Crippen molar-refractivity contribution in [2.75, 3.05) is 26.8 Å². The van der Waals surface area contributed by atoms with Gasteiger partial charge in [-0.25, -0.2) is 0 Å². The topological polar surface area (TPSA) is 62.4 Å².